The summed E-state index contributed by atoms with van der Waals surface area (Å²) in [5.41, 5.74) is 0.395. The highest BCUT2D eigenvalue weighted by Crippen LogP contribution is 2.32. The molecule has 1 heterocycles. The third kappa shape index (κ3) is 2.75. The van der Waals surface area contributed by atoms with E-state index in [4.69, 9.17) is 0 Å². The number of hydrogen-bond donors (Lipinski definition) is 0. The summed E-state index contributed by atoms with van der Waals surface area (Å²) in [6, 6.07) is 6.48. The molecule has 1 rings (SSSR count). The molecule has 1 aromatic heterocycles. The van der Waals surface area contributed by atoms with E-state index in [1.165, 1.54) is 17.7 Å². The third-order valence-electron chi connectivity index (χ3n) is 2.79. The quantitative estimate of drug-likeness (QED) is 0.677. The van der Waals surface area contributed by atoms with Crippen molar-refractivity contribution in [2.24, 2.45) is 0 Å². The van der Waals surface area contributed by atoms with Gasteiger partial charge in [0.25, 0.3) is 0 Å². The van der Waals surface area contributed by atoms with Crippen molar-refractivity contribution in [3.63, 3.8) is 0 Å². The van der Waals surface area contributed by atoms with Gasteiger partial charge >= 0.3 is 0 Å². The van der Waals surface area contributed by atoms with Crippen LogP contribution in [0.15, 0.2) is 23.6 Å². The van der Waals surface area contributed by atoms with Gasteiger partial charge in [0.05, 0.1) is 0 Å². The van der Waals surface area contributed by atoms with Gasteiger partial charge in [-0.25, -0.2) is 0 Å². The van der Waals surface area contributed by atoms with E-state index >= 15 is 0 Å². The Hall–Kier alpha value is -0.470. The second kappa shape index (κ2) is 5.30. The highest BCUT2D eigenvalue weighted by atomic mass is 32.1. The highest BCUT2D eigenvalue weighted by molar-refractivity contribution is 7.09. The zero-order valence-corrected chi connectivity index (χ0v) is 9.40. The molecule has 0 unspecified atom stereocenters. The minimum atomic E-state index is 0. The average Bonchev–Trinajstić information content (AvgIpc) is 2.18. The van der Waals surface area contributed by atoms with Gasteiger partial charge in [-0.1, -0.05) is 26.8 Å². The van der Waals surface area contributed by atoms with Crippen LogP contribution >= 0.6 is 11.3 Å². The van der Waals surface area contributed by atoms with E-state index in [0.29, 0.717) is 5.41 Å². The predicted molar refractivity (Wildman–Crippen MR) is 58.6 cm³/mol. The molecule has 0 atom stereocenters. The molecule has 0 saturated heterocycles. The minimum absolute atomic E-state index is 0. The lowest BCUT2D eigenvalue weighted by atomic mass is 9.83. The monoisotopic (exact) mass is 198 g/mol. The Morgan fingerprint density at radius 2 is 1.85 bits per heavy atom. The summed E-state index contributed by atoms with van der Waals surface area (Å²) in [6.07, 6.45) is 2.45. The Morgan fingerprint density at radius 3 is 2.23 bits per heavy atom. The molecule has 0 fully saturated rings. The van der Waals surface area contributed by atoms with E-state index in [1.54, 1.807) is 0 Å². The molecule has 0 amide bonds. The molecule has 0 bridgehead atoms. The lowest BCUT2D eigenvalue weighted by molar-refractivity contribution is 0.447. The Labute approximate surface area is 84.8 Å². The van der Waals surface area contributed by atoms with Crippen LogP contribution in [-0.2, 0) is 5.41 Å². The molecule has 0 aliphatic carbocycles. The summed E-state index contributed by atoms with van der Waals surface area (Å²) in [7, 11) is 0. The maximum Gasteiger partial charge on any atom is 0.215 e. The van der Waals surface area contributed by atoms with Crippen LogP contribution in [0.2, 0.25) is 0 Å². The average molecular weight is 198 g/mol. The Kier molecular flexibility index (Phi) is 5.11. The van der Waals surface area contributed by atoms with Crippen LogP contribution in [-0.4, -0.2) is 5.48 Å². The third-order valence-corrected chi connectivity index (χ3v) is 3.96. The first-order chi connectivity index (χ1) is 5.73. The van der Waals surface area contributed by atoms with Crippen molar-refractivity contribution in [2.45, 2.75) is 39.0 Å². The zero-order chi connectivity index (χ0) is 9.03. The van der Waals surface area contributed by atoms with E-state index in [9.17, 15) is 0 Å². The van der Waals surface area contributed by atoms with Gasteiger partial charge in [-0.3, -0.25) is 0 Å². The van der Waals surface area contributed by atoms with Gasteiger partial charge in [0.15, 0.2) is 5.38 Å². The summed E-state index contributed by atoms with van der Waals surface area (Å²) < 4.78 is 0. The molecule has 0 aliphatic heterocycles. The molecule has 1 N–H and O–H groups in total. The molecule has 2 heteroatoms. The van der Waals surface area contributed by atoms with Crippen LogP contribution in [0.4, 0.5) is 0 Å². The van der Waals surface area contributed by atoms with Gasteiger partial charge in [-0.2, -0.15) is 0 Å². The minimum Gasteiger partial charge on any atom is -0.870 e. The lowest BCUT2D eigenvalue weighted by Gasteiger charge is -2.19. The van der Waals surface area contributed by atoms with Crippen LogP contribution in [0.5, 0.6) is 0 Å². The number of rotatable bonds is 3. The second-order valence-corrected chi connectivity index (χ2v) is 4.39. The van der Waals surface area contributed by atoms with Gasteiger partial charge in [0, 0.05) is 5.41 Å². The summed E-state index contributed by atoms with van der Waals surface area (Å²) in [5, 5.41) is 2.17. The van der Waals surface area contributed by atoms with E-state index in [1.807, 2.05) is 11.3 Å². The van der Waals surface area contributed by atoms with Crippen molar-refractivity contribution in [2.75, 3.05) is 0 Å². The van der Waals surface area contributed by atoms with Crippen molar-refractivity contribution < 1.29 is 5.48 Å². The topological polar surface area (TPSA) is 30.0 Å². The maximum atomic E-state index is 2.35. The fourth-order valence-corrected chi connectivity index (χ4v) is 2.33. The molecule has 13 heavy (non-hydrogen) atoms. The summed E-state index contributed by atoms with van der Waals surface area (Å²) in [4.78, 5) is 1.51. The van der Waals surface area contributed by atoms with Gasteiger partial charge in [-0.05, 0) is 25.0 Å². The summed E-state index contributed by atoms with van der Waals surface area (Å²) in [6.45, 7) is 6.88. The van der Waals surface area contributed by atoms with Crippen LogP contribution < -0.4 is 0 Å². The zero-order valence-electron chi connectivity index (χ0n) is 8.58. The molecule has 0 aromatic carbocycles. The molecular formula is C11H18OS. The smallest absolute Gasteiger partial charge is 0.215 e. The molecule has 0 saturated carbocycles. The van der Waals surface area contributed by atoms with Crippen molar-refractivity contribution in [1.82, 2.24) is 0 Å². The largest absolute Gasteiger partial charge is 0.870 e. The maximum absolute atomic E-state index is 2.35. The van der Waals surface area contributed by atoms with Crippen LogP contribution in [0, 0.1) is 0 Å². The second-order valence-electron chi connectivity index (χ2n) is 3.44. The van der Waals surface area contributed by atoms with Crippen LogP contribution in [0.1, 0.15) is 38.5 Å². The Morgan fingerprint density at radius 1 is 1.23 bits per heavy atom. The van der Waals surface area contributed by atoms with Crippen molar-refractivity contribution in [3.05, 3.63) is 28.5 Å². The van der Waals surface area contributed by atoms with E-state index in [-0.39, 0.29) is 5.48 Å². The van der Waals surface area contributed by atoms with E-state index in [0.717, 1.165) is 0 Å². The molecule has 0 spiro atoms. The molecule has 74 valence electrons. The van der Waals surface area contributed by atoms with Crippen molar-refractivity contribution in [1.29, 1.82) is 0 Å². The molecular weight excluding hydrogens is 180 g/mol. The highest BCUT2D eigenvalue weighted by Gasteiger charge is 2.29. The van der Waals surface area contributed by atoms with E-state index in [2.05, 4.69) is 44.4 Å². The first kappa shape index (κ1) is 12.5. The molecule has 1 aromatic rings. The fourth-order valence-electron chi connectivity index (χ4n) is 1.28. The molecule has 0 radical (unpaired) electrons. The standard InChI is InChI=1S/C11H17S.H2O/c1-4-11(3,5-2)10-8-6-7-9-12-10;/h6-9H,4-5H2,1-3H3;1H2/q+1;/p-1. The number of hydrogen-bond acceptors (Lipinski definition) is 1. The summed E-state index contributed by atoms with van der Waals surface area (Å²) in [5.74, 6) is 0. The normalized spacial score (nSPS) is 10.7. The van der Waals surface area contributed by atoms with Crippen LogP contribution in [0.3, 0.4) is 0 Å². The first-order valence-electron chi connectivity index (χ1n) is 4.60. The molecule has 1 nitrogen and oxygen atoms in total. The van der Waals surface area contributed by atoms with Crippen molar-refractivity contribution in [3.8, 4) is 0 Å². The first-order valence-corrected chi connectivity index (χ1v) is 5.48. The predicted octanol–water partition coefficient (Wildman–Crippen LogP) is 3.93. The van der Waals surface area contributed by atoms with Crippen LogP contribution in [0.25, 0.3) is 0 Å². The van der Waals surface area contributed by atoms with Gasteiger partial charge in [-0.15, -0.1) is 0 Å². The SMILES string of the molecule is CCC(C)(CC)c1cccc[s+]1.[OH-]. The Balaban J connectivity index is 0.00000144. The molecule has 0 aliphatic rings. The fraction of sp³-hybridized carbons (Fsp3) is 0.545. The van der Waals surface area contributed by atoms with Gasteiger partial charge in [0.1, 0.15) is 0 Å². The lowest BCUT2D eigenvalue weighted by Crippen LogP contribution is -2.17. The van der Waals surface area contributed by atoms with E-state index < -0.39 is 0 Å². The van der Waals surface area contributed by atoms with Gasteiger partial charge < -0.3 is 5.48 Å². The Bertz CT molecular complexity index is 229. The van der Waals surface area contributed by atoms with Gasteiger partial charge in [0.2, 0.25) is 16.2 Å². The van der Waals surface area contributed by atoms with Crippen molar-refractivity contribution >= 4 is 11.3 Å². The summed E-state index contributed by atoms with van der Waals surface area (Å²) >= 11 is 1.87.